The summed E-state index contributed by atoms with van der Waals surface area (Å²) in [5, 5.41) is 11.9. The molecule has 6 nitrogen and oxygen atoms in total. The Bertz CT molecular complexity index is 435. The molecule has 6 heteroatoms. The van der Waals surface area contributed by atoms with Gasteiger partial charge in [-0.25, -0.2) is 9.86 Å². The molecule has 2 rings (SSSR count). The molecule has 0 bridgehead atoms. The van der Waals surface area contributed by atoms with E-state index in [0.717, 1.165) is 5.56 Å². The lowest BCUT2D eigenvalue weighted by atomic mass is 10.1. The molecule has 0 aromatic heterocycles. The van der Waals surface area contributed by atoms with Crippen LogP contribution in [0.3, 0.4) is 0 Å². The van der Waals surface area contributed by atoms with Crippen molar-refractivity contribution in [1.29, 1.82) is 0 Å². The smallest absolute Gasteiger partial charge is 0.405 e. The number of rotatable bonds is 4. The molecule has 1 aliphatic heterocycles. The van der Waals surface area contributed by atoms with Gasteiger partial charge in [-0.1, -0.05) is 30.3 Å². The number of benzene rings is 1. The number of amides is 2. The quantitative estimate of drug-likeness (QED) is 0.822. The van der Waals surface area contributed by atoms with Gasteiger partial charge in [-0.3, -0.25) is 9.63 Å². The van der Waals surface area contributed by atoms with E-state index >= 15 is 0 Å². The van der Waals surface area contributed by atoms with E-state index in [1.54, 1.807) is 0 Å². The lowest BCUT2D eigenvalue weighted by Gasteiger charge is -2.14. The van der Waals surface area contributed by atoms with Crippen LogP contribution >= 0.6 is 0 Å². The highest BCUT2D eigenvalue weighted by molar-refractivity contribution is 5.85. The first-order chi connectivity index (χ1) is 8.66. The summed E-state index contributed by atoms with van der Waals surface area (Å²) >= 11 is 0. The second-order valence-corrected chi connectivity index (χ2v) is 3.97. The van der Waals surface area contributed by atoms with Crippen LogP contribution in [0.15, 0.2) is 30.3 Å². The van der Waals surface area contributed by atoms with Crippen LogP contribution in [-0.2, 0) is 16.1 Å². The summed E-state index contributed by atoms with van der Waals surface area (Å²) in [7, 11) is 0. The molecule has 0 radical (unpaired) electrons. The monoisotopic (exact) mass is 250 g/mol. The highest BCUT2D eigenvalue weighted by Crippen LogP contribution is 2.10. The first-order valence-corrected chi connectivity index (χ1v) is 5.64. The molecule has 0 spiro atoms. The molecule has 1 fully saturated rings. The van der Waals surface area contributed by atoms with Gasteiger partial charge in [0.05, 0.1) is 6.54 Å². The number of carboxylic acid groups (broad SMARTS) is 1. The first kappa shape index (κ1) is 12.4. The Morgan fingerprint density at radius 2 is 2.17 bits per heavy atom. The normalized spacial score (nSPS) is 19.0. The lowest BCUT2D eigenvalue weighted by molar-refractivity contribution is -0.161. The van der Waals surface area contributed by atoms with Gasteiger partial charge in [0.25, 0.3) is 5.91 Å². The third kappa shape index (κ3) is 2.98. The molecule has 0 saturated carbocycles. The maximum atomic E-state index is 11.7. The summed E-state index contributed by atoms with van der Waals surface area (Å²) in [5.41, 5.74) is 1.10. The molecule has 2 amide bonds. The number of nitrogens with zero attached hydrogens (tertiary/aromatic N) is 1. The molecule has 2 N–H and O–H groups in total. The predicted molar refractivity (Wildman–Crippen MR) is 62.8 cm³/mol. The molecule has 1 aromatic carbocycles. The van der Waals surface area contributed by atoms with Crippen molar-refractivity contribution in [3.05, 3.63) is 35.9 Å². The van der Waals surface area contributed by atoms with E-state index in [2.05, 4.69) is 5.32 Å². The number of hydrogen-bond donors (Lipinski definition) is 2. The molecule has 1 atom stereocenters. The summed E-state index contributed by atoms with van der Waals surface area (Å²) in [6, 6.07) is 8.92. The van der Waals surface area contributed by atoms with Gasteiger partial charge in [0.1, 0.15) is 12.6 Å². The maximum Gasteiger partial charge on any atom is 0.405 e. The summed E-state index contributed by atoms with van der Waals surface area (Å²) in [4.78, 5) is 27.3. The second-order valence-electron chi connectivity index (χ2n) is 3.97. The Hall–Kier alpha value is -2.08. The van der Waals surface area contributed by atoms with Gasteiger partial charge in [0, 0.05) is 0 Å². The van der Waals surface area contributed by atoms with Crippen molar-refractivity contribution in [2.45, 2.75) is 12.5 Å². The van der Waals surface area contributed by atoms with Crippen molar-refractivity contribution in [2.75, 3.05) is 13.2 Å². The molecule has 0 unspecified atom stereocenters. The Morgan fingerprint density at radius 1 is 1.44 bits per heavy atom. The highest BCUT2D eigenvalue weighted by atomic mass is 16.7. The SMILES string of the molecule is O=C(O)N[C@@H]1CON(CCc2ccccc2)C1=O. The Balaban J connectivity index is 1.85. The number of nitrogens with one attached hydrogen (secondary N) is 1. The third-order valence-electron chi connectivity index (χ3n) is 2.69. The summed E-state index contributed by atoms with van der Waals surface area (Å²) in [6.45, 7) is 0.473. The van der Waals surface area contributed by atoms with Crippen LogP contribution in [0.4, 0.5) is 4.79 Å². The summed E-state index contributed by atoms with van der Waals surface area (Å²) in [6.07, 6.45) is -0.548. The van der Waals surface area contributed by atoms with Gasteiger partial charge in [0.2, 0.25) is 0 Å². The lowest BCUT2D eigenvalue weighted by Crippen LogP contribution is -2.42. The third-order valence-corrected chi connectivity index (χ3v) is 2.69. The van der Waals surface area contributed by atoms with Crippen LogP contribution in [-0.4, -0.2) is 41.4 Å². The molecule has 96 valence electrons. The van der Waals surface area contributed by atoms with Crippen LogP contribution in [0.1, 0.15) is 5.56 Å². The van der Waals surface area contributed by atoms with Crippen molar-refractivity contribution in [1.82, 2.24) is 10.4 Å². The minimum absolute atomic E-state index is 0.0555. The number of hydrogen-bond acceptors (Lipinski definition) is 3. The van der Waals surface area contributed by atoms with Crippen molar-refractivity contribution < 1.29 is 19.5 Å². The fraction of sp³-hybridized carbons (Fsp3) is 0.333. The fourth-order valence-electron chi connectivity index (χ4n) is 1.78. The van der Waals surface area contributed by atoms with E-state index in [1.807, 2.05) is 30.3 Å². The fourth-order valence-corrected chi connectivity index (χ4v) is 1.78. The number of hydroxylamine groups is 2. The van der Waals surface area contributed by atoms with Crippen molar-refractivity contribution in [3.8, 4) is 0 Å². The second kappa shape index (κ2) is 5.50. The molecule has 0 aliphatic carbocycles. The van der Waals surface area contributed by atoms with E-state index in [9.17, 15) is 9.59 Å². The molecule has 18 heavy (non-hydrogen) atoms. The topological polar surface area (TPSA) is 78.9 Å². The molecular formula is C12H14N2O4. The van der Waals surface area contributed by atoms with Crippen molar-refractivity contribution in [3.63, 3.8) is 0 Å². The van der Waals surface area contributed by atoms with Gasteiger partial charge in [-0.2, -0.15) is 0 Å². The molecular weight excluding hydrogens is 236 g/mol. The van der Waals surface area contributed by atoms with Gasteiger partial charge < -0.3 is 10.4 Å². The molecule has 1 heterocycles. The maximum absolute atomic E-state index is 11.7. The Labute approximate surface area is 104 Å². The van der Waals surface area contributed by atoms with Crippen LogP contribution in [0.2, 0.25) is 0 Å². The zero-order valence-corrected chi connectivity index (χ0v) is 9.70. The molecule has 1 aromatic rings. The number of carbonyl (C=O) groups is 2. The molecule has 1 aliphatic rings. The zero-order chi connectivity index (χ0) is 13.0. The van der Waals surface area contributed by atoms with Crippen molar-refractivity contribution >= 4 is 12.0 Å². The van der Waals surface area contributed by atoms with E-state index in [4.69, 9.17) is 9.94 Å². The van der Waals surface area contributed by atoms with Crippen LogP contribution in [0.5, 0.6) is 0 Å². The zero-order valence-electron chi connectivity index (χ0n) is 9.70. The van der Waals surface area contributed by atoms with Gasteiger partial charge in [-0.15, -0.1) is 0 Å². The Kier molecular flexibility index (Phi) is 3.78. The van der Waals surface area contributed by atoms with E-state index < -0.39 is 12.1 Å². The minimum atomic E-state index is -1.22. The van der Waals surface area contributed by atoms with E-state index in [1.165, 1.54) is 5.06 Å². The Morgan fingerprint density at radius 3 is 2.83 bits per heavy atom. The highest BCUT2D eigenvalue weighted by Gasteiger charge is 2.33. The minimum Gasteiger partial charge on any atom is -0.465 e. The van der Waals surface area contributed by atoms with Gasteiger partial charge in [-0.05, 0) is 12.0 Å². The average Bonchev–Trinajstić information content (AvgIpc) is 2.69. The van der Waals surface area contributed by atoms with Crippen LogP contribution in [0, 0.1) is 0 Å². The molecule has 1 saturated heterocycles. The van der Waals surface area contributed by atoms with Crippen LogP contribution in [0.25, 0.3) is 0 Å². The van der Waals surface area contributed by atoms with E-state index in [0.29, 0.717) is 13.0 Å². The van der Waals surface area contributed by atoms with E-state index in [-0.39, 0.29) is 12.5 Å². The van der Waals surface area contributed by atoms with Crippen molar-refractivity contribution in [2.24, 2.45) is 0 Å². The largest absolute Gasteiger partial charge is 0.465 e. The standard InChI is InChI=1S/C12H14N2O4/c15-11-10(13-12(16)17)8-18-14(11)7-6-9-4-2-1-3-5-9/h1-5,10,13H,6-8H2,(H,16,17)/t10-/m1/s1. The van der Waals surface area contributed by atoms with Crippen LogP contribution < -0.4 is 5.32 Å². The van der Waals surface area contributed by atoms with Gasteiger partial charge in [0.15, 0.2) is 0 Å². The number of carbonyl (C=O) groups excluding carboxylic acids is 1. The summed E-state index contributed by atoms with van der Waals surface area (Å²) < 4.78 is 0. The predicted octanol–water partition coefficient (Wildman–Crippen LogP) is 0.639. The summed E-state index contributed by atoms with van der Waals surface area (Å²) in [5.74, 6) is -0.340. The average molecular weight is 250 g/mol. The first-order valence-electron chi connectivity index (χ1n) is 5.64. The van der Waals surface area contributed by atoms with Gasteiger partial charge >= 0.3 is 6.09 Å².